The molecule has 50 heavy (non-hydrogen) atoms. The molecule has 10 nitrogen and oxygen atoms in total. The molecule has 1 unspecified atom stereocenters. The highest BCUT2D eigenvalue weighted by Crippen LogP contribution is 2.38. The summed E-state index contributed by atoms with van der Waals surface area (Å²) in [5, 5.41) is 12.2. The van der Waals surface area contributed by atoms with Crippen LogP contribution in [0.2, 0.25) is 0 Å². The third-order valence-corrected chi connectivity index (χ3v) is 8.58. The zero-order valence-electron chi connectivity index (χ0n) is 29.2. The van der Waals surface area contributed by atoms with Crippen molar-refractivity contribution in [1.29, 1.82) is 0 Å². The predicted molar refractivity (Wildman–Crippen MR) is 190 cm³/mol. The van der Waals surface area contributed by atoms with E-state index in [-0.39, 0.29) is 23.9 Å². The van der Waals surface area contributed by atoms with Gasteiger partial charge in [-0.25, -0.2) is 14.6 Å². The molecule has 4 aromatic rings. The fraction of sp³-hybridized carbons (Fsp3) is 0.444. The Bertz CT molecular complexity index is 1710. The Balaban J connectivity index is 0.00000181. The van der Waals surface area contributed by atoms with Crippen LogP contribution in [0.4, 0.5) is 24.8 Å². The van der Waals surface area contributed by atoms with Crippen LogP contribution >= 0.6 is 11.9 Å². The number of halogens is 3. The van der Waals surface area contributed by atoms with E-state index < -0.39 is 18.2 Å². The number of carboxylic acid groups (broad SMARTS) is 1. The highest BCUT2D eigenvalue weighted by atomic mass is 32.2. The smallest absolute Gasteiger partial charge is 0.397 e. The van der Waals surface area contributed by atoms with E-state index in [1.807, 2.05) is 55.5 Å². The molecular weight excluding hydrogens is 669 g/mol. The molecule has 1 atom stereocenters. The third-order valence-electron chi connectivity index (χ3n) is 7.84. The zero-order chi connectivity index (χ0) is 36.5. The number of hydrogen-bond donors (Lipinski definition) is 2. The molecule has 1 aliphatic heterocycles. The first-order valence-electron chi connectivity index (χ1n) is 16.3. The number of anilines is 2. The van der Waals surface area contributed by atoms with Crippen LogP contribution in [0, 0.1) is 10.8 Å². The summed E-state index contributed by atoms with van der Waals surface area (Å²) >= 11 is 1.38. The largest absolute Gasteiger partial charge is 0.483 e. The summed E-state index contributed by atoms with van der Waals surface area (Å²) in [7, 11) is 0. The maximum atomic E-state index is 13.4. The number of carbonyl (C=O) groups is 1. The number of rotatable bonds is 5. The summed E-state index contributed by atoms with van der Waals surface area (Å²) in [6.07, 6.45) is -1.11. The van der Waals surface area contributed by atoms with E-state index in [2.05, 4.69) is 41.6 Å². The number of pyridine rings is 2. The molecule has 270 valence electrons. The van der Waals surface area contributed by atoms with Crippen LogP contribution in [0.1, 0.15) is 66.1 Å². The van der Waals surface area contributed by atoms with Gasteiger partial charge in [-0.3, -0.25) is 4.79 Å². The fourth-order valence-corrected chi connectivity index (χ4v) is 5.77. The number of hydrogen-bond acceptors (Lipinski definition) is 9. The molecule has 0 spiro atoms. The molecule has 1 aliphatic rings. The first kappa shape index (κ1) is 38.5. The summed E-state index contributed by atoms with van der Waals surface area (Å²) in [4.78, 5) is 20.7. The second-order valence-electron chi connectivity index (χ2n) is 13.8. The average molecular weight is 715 g/mol. The van der Waals surface area contributed by atoms with Crippen molar-refractivity contribution < 1.29 is 32.5 Å². The summed E-state index contributed by atoms with van der Waals surface area (Å²) in [6, 6.07) is 19.3. The quantitative estimate of drug-likeness (QED) is 0.154. The van der Waals surface area contributed by atoms with Crippen LogP contribution in [0.3, 0.4) is 0 Å². The van der Waals surface area contributed by atoms with Gasteiger partial charge in [0.05, 0.1) is 22.9 Å². The number of nitrogens with one attached hydrogen (secondary N) is 1. The molecule has 1 aromatic carbocycles. The second kappa shape index (κ2) is 16.6. The lowest BCUT2D eigenvalue weighted by Crippen LogP contribution is -2.37. The van der Waals surface area contributed by atoms with Crippen LogP contribution in [0.25, 0.3) is 16.9 Å². The first-order valence-corrected chi connectivity index (χ1v) is 17.1. The van der Waals surface area contributed by atoms with Gasteiger partial charge in [-0.05, 0) is 68.9 Å². The highest BCUT2D eigenvalue weighted by molar-refractivity contribution is 8.00. The molecule has 5 rings (SSSR count). The van der Waals surface area contributed by atoms with E-state index in [9.17, 15) is 13.2 Å². The van der Waals surface area contributed by atoms with E-state index in [0.717, 1.165) is 61.7 Å². The number of alkyl halides is 3. The minimum absolute atomic E-state index is 0.0907. The zero-order valence-corrected chi connectivity index (χ0v) is 30.0. The van der Waals surface area contributed by atoms with Crippen molar-refractivity contribution in [2.75, 3.05) is 35.9 Å². The van der Waals surface area contributed by atoms with Crippen LogP contribution in [-0.2, 0) is 9.53 Å². The molecule has 0 saturated heterocycles. The Kier molecular flexibility index (Phi) is 12.8. The molecule has 4 heterocycles. The van der Waals surface area contributed by atoms with Gasteiger partial charge in [0.25, 0.3) is 6.47 Å². The number of aromatic nitrogens is 4. The minimum Gasteiger partial charge on any atom is -0.483 e. The number of nitrogens with zero attached hydrogens (tertiary/aromatic N) is 5. The molecule has 0 saturated carbocycles. The van der Waals surface area contributed by atoms with Gasteiger partial charge in [0, 0.05) is 49.5 Å². The molecule has 0 aliphatic carbocycles. The molecule has 4 bridgehead atoms. The first-order chi connectivity index (χ1) is 23.6. The lowest BCUT2D eigenvalue weighted by Gasteiger charge is -2.31. The SMILES string of the molecule is CC1OCCCCN(CC(C)(C)C)c2cccc(n2)SNc2ccc(-n3ccc(OCC(C)(C)C(F)(F)F)n3)c(n2)-c2ccccc21.O=CO. The van der Waals surface area contributed by atoms with Crippen molar-refractivity contribution in [2.45, 2.75) is 71.7 Å². The van der Waals surface area contributed by atoms with Crippen molar-refractivity contribution in [1.82, 2.24) is 19.7 Å². The summed E-state index contributed by atoms with van der Waals surface area (Å²) < 4.78 is 57.1. The molecule has 14 heteroatoms. The van der Waals surface area contributed by atoms with E-state index in [4.69, 9.17) is 29.3 Å². The van der Waals surface area contributed by atoms with E-state index in [1.165, 1.54) is 11.9 Å². The van der Waals surface area contributed by atoms with Crippen molar-refractivity contribution in [2.24, 2.45) is 10.8 Å². The van der Waals surface area contributed by atoms with E-state index in [1.54, 1.807) is 16.9 Å². The van der Waals surface area contributed by atoms with Crippen LogP contribution in [0.15, 0.2) is 71.9 Å². The van der Waals surface area contributed by atoms with Crippen molar-refractivity contribution in [3.63, 3.8) is 0 Å². The molecule has 0 radical (unpaired) electrons. The van der Waals surface area contributed by atoms with Gasteiger partial charge >= 0.3 is 6.18 Å². The van der Waals surface area contributed by atoms with Gasteiger partial charge < -0.3 is 24.2 Å². The van der Waals surface area contributed by atoms with Crippen molar-refractivity contribution in [3.8, 4) is 22.8 Å². The Morgan fingerprint density at radius 3 is 2.48 bits per heavy atom. The molecular formula is C36H45F3N6O4S. The number of fused-ring (bicyclic) bond motifs is 6. The van der Waals surface area contributed by atoms with E-state index >= 15 is 0 Å². The van der Waals surface area contributed by atoms with Gasteiger partial charge in [0.2, 0.25) is 5.88 Å². The minimum atomic E-state index is -4.41. The lowest BCUT2D eigenvalue weighted by atomic mass is 9.94. The summed E-state index contributed by atoms with van der Waals surface area (Å²) in [5.41, 5.74) is 1.17. The van der Waals surface area contributed by atoms with Gasteiger partial charge in [-0.15, -0.1) is 5.10 Å². The van der Waals surface area contributed by atoms with Crippen LogP contribution in [0.5, 0.6) is 5.88 Å². The van der Waals surface area contributed by atoms with Crippen LogP contribution in [-0.4, -0.2) is 63.8 Å². The highest BCUT2D eigenvalue weighted by Gasteiger charge is 2.48. The van der Waals surface area contributed by atoms with Crippen LogP contribution < -0.4 is 14.4 Å². The Hall–Kier alpha value is -4.30. The maximum Gasteiger partial charge on any atom is 0.397 e. The van der Waals surface area contributed by atoms with Gasteiger partial charge in [-0.1, -0.05) is 51.1 Å². The molecule has 0 fully saturated rings. The second-order valence-corrected chi connectivity index (χ2v) is 14.6. The van der Waals surface area contributed by atoms with Crippen molar-refractivity contribution in [3.05, 3.63) is 72.4 Å². The van der Waals surface area contributed by atoms with Gasteiger partial charge in [0.15, 0.2) is 0 Å². The lowest BCUT2D eigenvalue weighted by molar-refractivity contribution is -0.219. The summed E-state index contributed by atoms with van der Waals surface area (Å²) in [6.45, 7) is 12.5. The monoisotopic (exact) mass is 714 g/mol. The van der Waals surface area contributed by atoms with Crippen molar-refractivity contribution >= 4 is 30.1 Å². The molecule has 2 N–H and O–H groups in total. The van der Waals surface area contributed by atoms with E-state index in [0.29, 0.717) is 23.8 Å². The summed E-state index contributed by atoms with van der Waals surface area (Å²) in [5.74, 6) is 1.63. The Morgan fingerprint density at radius 1 is 1.02 bits per heavy atom. The molecule has 0 amide bonds. The number of ether oxygens (including phenoxy) is 2. The standard InChI is InChI=1S/C35H43F3N6O2S.CH2O2/c1-24-25-12-7-8-13-26(25)32-27(44-20-18-30(41-44)46-23-34(5,6)35(36,37)38)16-17-28(39-32)42-47-31-15-11-14-29(40-31)43(22-33(2,3)4)19-9-10-21-45-24;2-1-3/h7-8,11-18,20,24H,9-10,19,21-23H2,1-6H3,(H,39,42);1H,(H,2,3). The van der Waals surface area contributed by atoms with Gasteiger partial charge in [0.1, 0.15) is 23.3 Å². The predicted octanol–water partition coefficient (Wildman–Crippen LogP) is 8.84. The molecule has 3 aromatic heterocycles. The topological polar surface area (TPSA) is 115 Å². The van der Waals surface area contributed by atoms with Gasteiger partial charge in [-0.2, -0.15) is 13.2 Å². The average Bonchev–Trinajstić information content (AvgIpc) is 3.54. The maximum absolute atomic E-state index is 13.4. The fourth-order valence-electron chi connectivity index (χ4n) is 5.16. The Morgan fingerprint density at radius 2 is 1.76 bits per heavy atom. The number of benzene rings is 1. The third kappa shape index (κ3) is 10.4. The normalized spacial score (nSPS) is 15.9. The Labute approximate surface area is 295 Å².